The molecule has 11 heteroatoms. The van der Waals surface area contributed by atoms with Crippen molar-refractivity contribution in [1.29, 1.82) is 0 Å². The average Bonchev–Trinajstić information content (AvgIpc) is 2.98. The fourth-order valence-electron chi connectivity index (χ4n) is 4.26. The highest BCUT2D eigenvalue weighted by Crippen LogP contribution is 2.35. The smallest absolute Gasteiger partial charge is 0.264 e. The van der Waals surface area contributed by atoms with E-state index in [1.807, 2.05) is 13.8 Å². The summed E-state index contributed by atoms with van der Waals surface area (Å²) in [5, 5.41) is 3.14. The van der Waals surface area contributed by atoms with Gasteiger partial charge in [0.05, 0.1) is 24.8 Å². The first-order valence-corrected chi connectivity index (χ1v) is 15.5. The Hall–Kier alpha value is -3.76. The van der Waals surface area contributed by atoms with Crippen LogP contribution in [0.2, 0.25) is 5.02 Å². The Labute approximate surface area is 253 Å². The summed E-state index contributed by atoms with van der Waals surface area (Å²) in [5.41, 5.74) is 1.72. The molecule has 0 saturated heterocycles. The third-order valence-electron chi connectivity index (χ3n) is 6.81. The molecule has 3 rings (SSSR count). The Balaban J connectivity index is 2.06. The number of ether oxygens (including phenoxy) is 2. The Morgan fingerprint density at radius 1 is 0.976 bits per heavy atom. The van der Waals surface area contributed by atoms with Crippen LogP contribution in [0.5, 0.6) is 11.5 Å². The second kappa shape index (κ2) is 14.9. The molecule has 2 amide bonds. The molecule has 0 aliphatic heterocycles. The molecule has 0 bridgehead atoms. The van der Waals surface area contributed by atoms with Gasteiger partial charge in [0.15, 0.2) is 0 Å². The van der Waals surface area contributed by atoms with E-state index in [0.29, 0.717) is 12.3 Å². The normalized spacial score (nSPS) is 11.9. The van der Waals surface area contributed by atoms with E-state index in [0.717, 1.165) is 28.3 Å². The van der Waals surface area contributed by atoms with E-state index in [4.69, 9.17) is 21.1 Å². The van der Waals surface area contributed by atoms with Gasteiger partial charge in [0, 0.05) is 18.1 Å². The molecular formula is C31H38ClN3O6S. The second-order valence-electron chi connectivity index (χ2n) is 9.83. The van der Waals surface area contributed by atoms with Crippen LogP contribution in [0, 0.1) is 6.92 Å². The number of halogens is 1. The maximum atomic E-state index is 14.1. The molecule has 0 aliphatic carbocycles. The number of nitrogens with zero attached hydrogens (tertiary/aromatic N) is 2. The van der Waals surface area contributed by atoms with Crippen molar-refractivity contribution in [2.24, 2.45) is 0 Å². The lowest BCUT2D eigenvalue weighted by molar-refractivity contribution is -0.139. The van der Waals surface area contributed by atoms with E-state index in [1.54, 1.807) is 62.6 Å². The van der Waals surface area contributed by atoms with Gasteiger partial charge in [-0.05, 0) is 68.3 Å². The van der Waals surface area contributed by atoms with E-state index in [9.17, 15) is 18.0 Å². The highest BCUT2D eigenvalue weighted by Gasteiger charge is 2.34. The zero-order chi connectivity index (χ0) is 30.9. The Morgan fingerprint density at radius 2 is 1.64 bits per heavy atom. The molecule has 0 saturated carbocycles. The molecule has 3 aromatic rings. The van der Waals surface area contributed by atoms with Crippen LogP contribution >= 0.6 is 11.6 Å². The number of hydrogen-bond acceptors (Lipinski definition) is 6. The second-order valence-corrected chi connectivity index (χ2v) is 12.1. The Morgan fingerprint density at radius 3 is 2.24 bits per heavy atom. The molecule has 0 fully saturated rings. The minimum Gasteiger partial charge on any atom is -0.497 e. The van der Waals surface area contributed by atoms with Gasteiger partial charge in [0.1, 0.15) is 24.1 Å². The minimum atomic E-state index is -4.26. The molecule has 42 heavy (non-hydrogen) atoms. The number of methoxy groups -OCH3 is 2. The van der Waals surface area contributed by atoms with Gasteiger partial charge in [-0.3, -0.25) is 13.9 Å². The van der Waals surface area contributed by atoms with Crippen LogP contribution in [-0.4, -0.2) is 58.5 Å². The van der Waals surface area contributed by atoms with Crippen molar-refractivity contribution in [3.8, 4) is 11.5 Å². The topological polar surface area (TPSA) is 105 Å². The van der Waals surface area contributed by atoms with E-state index < -0.39 is 28.5 Å². The monoisotopic (exact) mass is 615 g/mol. The van der Waals surface area contributed by atoms with Crippen LogP contribution in [0.1, 0.15) is 37.8 Å². The summed E-state index contributed by atoms with van der Waals surface area (Å²) in [6.45, 7) is 5.43. The van der Waals surface area contributed by atoms with Gasteiger partial charge >= 0.3 is 0 Å². The van der Waals surface area contributed by atoms with Crippen molar-refractivity contribution in [1.82, 2.24) is 10.2 Å². The number of anilines is 1. The number of unbranched alkanes of at least 4 members (excludes halogenated alkanes) is 1. The van der Waals surface area contributed by atoms with Crippen molar-refractivity contribution in [3.63, 3.8) is 0 Å². The summed E-state index contributed by atoms with van der Waals surface area (Å²) >= 11 is 6.28. The SMILES string of the molecule is CCCCNC(=O)[C@H](C)N(Cc1ccc(OC)cc1)C(=O)CN(c1cc(Cl)ccc1OC)S(=O)(=O)c1ccc(C)cc1. The molecule has 0 aromatic heterocycles. The lowest BCUT2D eigenvalue weighted by Crippen LogP contribution is -2.51. The lowest BCUT2D eigenvalue weighted by atomic mass is 10.1. The fourth-order valence-corrected chi connectivity index (χ4v) is 5.84. The van der Waals surface area contributed by atoms with Crippen molar-refractivity contribution in [3.05, 3.63) is 82.9 Å². The van der Waals surface area contributed by atoms with Crippen molar-refractivity contribution >= 4 is 39.1 Å². The Bertz CT molecular complexity index is 1460. The molecule has 226 valence electrons. The van der Waals surface area contributed by atoms with Crippen molar-refractivity contribution in [2.75, 3.05) is 31.6 Å². The first kappa shape index (κ1) is 32.8. The molecule has 9 nitrogen and oxygen atoms in total. The van der Waals surface area contributed by atoms with E-state index in [1.165, 1.54) is 30.2 Å². The average molecular weight is 616 g/mol. The van der Waals surface area contributed by atoms with Crippen molar-refractivity contribution in [2.45, 2.75) is 51.1 Å². The quantitative estimate of drug-likeness (QED) is 0.250. The predicted octanol–water partition coefficient (Wildman–Crippen LogP) is 5.19. The predicted molar refractivity (Wildman–Crippen MR) is 165 cm³/mol. The summed E-state index contributed by atoms with van der Waals surface area (Å²) in [6.07, 6.45) is 1.69. The molecule has 0 spiro atoms. The van der Waals surface area contributed by atoms with Gasteiger partial charge in [0.25, 0.3) is 10.0 Å². The van der Waals surface area contributed by atoms with E-state index in [2.05, 4.69) is 5.32 Å². The number of nitrogens with one attached hydrogen (secondary N) is 1. The van der Waals surface area contributed by atoms with Gasteiger partial charge < -0.3 is 19.7 Å². The van der Waals surface area contributed by atoms with Gasteiger partial charge in [-0.15, -0.1) is 0 Å². The van der Waals surface area contributed by atoms with Crippen LogP contribution in [0.15, 0.2) is 71.6 Å². The van der Waals surface area contributed by atoms with Crippen LogP contribution in [-0.2, 0) is 26.2 Å². The number of rotatable bonds is 14. The summed E-state index contributed by atoms with van der Waals surface area (Å²) in [5.74, 6) is -0.0550. The van der Waals surface area contributed by atoms with Crippen molar-refractivity contribution < 1.29 is 27.5 Å². The largest absolute Gasteiger partial charge is 0.497 e. The van der Waals surface area contributed by atoms with Crippen LogP contribution in [0.25, 0.3) is 0 Å². The minimum absolute atomic E-state index is 0.00464. The summed E-state index contributed by atoms with van der Waals surface area (Å²) in [4.78, 5) is 28.6. The Kier molecular flexibility index (Phi) is 11.6. The number of carbonyl (C=O) groups excluding carboxylic acids is 2. The molecule has 0 aliphatic rings. The zero-order valence-electron chi connectivity index (χ0n) is 24.6. The molecular weight excluding hydrogens is 578 g/mol. The van der Waals surface area contributed by atoms with Crippen LogP contribution < -0.4 is 19.1 Å². The third kappa shape index (κ3) is 8.17. The maximum absolute atomic E-state index is 14.1. The highest BCUT2D eigenvalue weighted by molar-refractivity contribution is 7.92. The number of sulfonamides is 1. The standard InChI is InChI=1S/C31H38ClN3O6S/c1-6-7-18-33-31(37)23(3)34(20-24-10-13-26(40-4)14-11-24)30(36)21-35(28-19-25(32)12-17-29(28)41-5)42(38,39)27-15-8-22(2)9-16-27/h8-17,19,23H,6-7,18,20-21H2,1-5H3,(H,33,37)/t23-/m0/s1. The number of amides is 2. The van der Waals surface area contributed by atoms with Gasteiger partial charge in [-0.25, -0.2) is 8.42 Å². The van der Waals surface area contributed by atoms with Crippen LogP contribution in [0.3, 0.4) is 0 Å². The molecule has 0 unspecified atom stereocenters. The number of benzene rings is 3. The molecule has 0 heterocycles. The van der Waals surface area contributed by atoms with Gasteiger partial charge in [-0.1, -0.05) is 54.8 Å². The summed E-state index contributed by atoms with van der Waals surface area (Å²) < 4.78 is 39.8. The summed E-state index contributed by atoms with van der Waals surface area (Å²) in [7, 11) is -1.30. The number of aryl methyl sites for hydroxylation is 1. The maximum Gasteiger partial charge on any atom is 0.264 e. The molecule has 3 aromatic carbocycles. The molecule has 1 atom stereocenters. The molecule has 1 N–H and O–H groups in total. The highest BCUT2D eigenvalue weighted by atomic mass is 35.5. The number of hydrogen-bond donors (Lipinski definition) is 1. The third-order valence-corrected chi connectivity index (χ3v) is 8.82. The first-order valence-electron chi connectivity index (χ1n) is 13.6. The lowest BCUT2D eigenvalue weighted by Gasteiger charge is -2.32. The zero-order valence-corrected chi connectivity index (χ0v) is 26.2. The molecule has 0 radical (unpaired) electrons. The van der Waals surface area contributed by atoms with Gasteiger partial charge in [0.2, 0.25) is 11.8 Å². The van der Waals surface area contributed by atoms with E-state index >= 15 is 0 Å². The van der Waals surface area contributed by atoms with Gasteiger partial charge in [-0.2, -0.15) is 0 Å². The van der Waals surface area contributed by atoms with E-state index in [-0.39, 0.29) is 33.8 Å². The summed E-state index contributed by atoms with van der Waals surface area (Å²) in [6, 6.07) is 17.1. The fraction of sp³-hybridized carbons (Fsp3) is 0.355. The first-order chi connectivity index (χ1) is 20.0. The number of carbonyl (C=O) groups is 2. The van der Waals surface area contributed by atoms with Crippen LogP contribution in [0.4, 0.5) is 5.69 Å².